The minimum Gasteiger partial charge on any atom is -0.337 e. The molecule has 0 bridgehead atoms. The van der Waals surface area contributed by atoms with Crippen molar-refractivity contribution in [1.82, 2.24) is 19.4 Å². The molecule has 4 nitrogen and oxygen atoms in total. The van der Waals surface area contributed by atoms with Crippen molar-refractivity contribution in [3.63, 3.8) is 0 Å². The highest BCUT2D eigenvalue weighted by Crippen LogP contribution is 2.15. The number of hydrogen-bond donors (Lipinski definition) is 0. The molecular weight excluding hydrogens is 224 g/mol. The third-order valence-electron chi connectivity index (χ3n) is 3.26. The minimum absolute atomic E-state index is 0.356. The van der Waals surface area contributed by atoms with Gasteiger partial charge in [0, 0.05) is 37.7 Å². The van der Waals surface area contributed by atoms with E-state index in [0.29, 0.717) is 6.04 Å². The first kappa shape index (κ1) is 12.8. The van der Waals surface area contributed by atoms with Gasteiger partial charge in [-0.3, -0.25) is 9.88 Å². The smallest absolute Gasteiger partial charge is 0.0945 e. The normalized spacial score (nSPS) is 12.8. The van der Waals surface area contributed by atoms with Crippen molar-refractivity contribution in [2.45, 2.75) is 25.9 Å². The molecule has 0 radical (unpaired) electrons. The van der Waals surface area contributed by atoms with Crippen LogP contribution < -0.4 is 0 Å². The van der Waals surface area contributed by atoms with Gasteiger partial charge in [-0.05, 0) is 32.5 Å². The van der Waals surface area contributed by atoms with Gasteiger partial charge in [0.1, 0.15) is 0 Å². The van der Waals surface area contributed by atoms with Gasteiger partial charge in [0.25, 0.3) is 0 Å². The van der Waals surface area contributed by atoms with Gasteiger partial charge < -0.3 is 4.57 Å². The highest BCUT2D eigenvalue weighted by atomic mass is 15.1. The molecule has 2 aromatic heterocycles. The third-order valence-corrected chi connectivity index (χ3v) is 3.26. The highest BCUT2D eigenvalue weighted by molar-refractivity contribution is 5.07. The summed E-state index contributed by atoms with van der Waals surface area (Å²) in [4.78, 5) is 10.8. The van der Waals surface area contributed by atoms with Gasteiger partial charge in [-0.25, -0.2) is 4.98 Å². The number of aryl methyl sites for hydroxylation is 1. The second-order valence-corrected chi connectivity index (χ2v) is 4.57. The standard InChI is InChI=1S/C14H20N4/c1-13(14-6-3-4-7-16-14)17(2)9-5-10-18-11-8-15-12-18/h3-4,6-8,11-13H,5,9-10H2,1-2H3/t13-/m1/s1. The molecule has 0 saturated heterocycles. The number of nitrogens with zero attached hydrogens (tertiary/aromatic N) is 4. The predicted octanol–water partition coefficient (Wildman–Crippen LogP) is 2.36. The monoisotopic (exact) mass is 244 g/mol. The Morgan fingerprint density at radius 1 is 1.33 bits per heavy atom. The number of rotatable bonds is 6. The van der Waals surface area contributed by atoms with E-state index in [1.165, 1.54) is 0 Å². The highest BCUT2D eigenvalue weighted by Gasteiger charge is 2.11. The number of hydrogen-bond acceptors (Lipinski definition) is 3. The summed E-state index contributed by atoms with van der Waals surface area (Å²) < 4.78 is 2.11. The predicted molar refractivity (Wildman–Crippen MR) is 72.1 cm³/mol. The molecule has 0 spiro atoms. The molecule has 2 heterocycles. The molecule has 2 rings (SSSR count). The van der Waals surface area contributed by atoms with E-state index in [4.69, 9.17) is 0 Å². The van der Waals surface area contributed by atoms with Crippen molar-refractivity contribution < 1.29 is 0 Å². The second-order valence-electron chi connectivity index (χ2n) is 4.57. The lowest BCUT2D eigenvalue weighted by Gasteiger charge is -2.24. The molecule has 18 heavy (non-hydrogen) atoms. The molecule has 0 saturated carbocycles. The number of imidazole rings is 1. The van der Waals surface area contributed by atoms with E-state index in [1.54, 1.807) is 0 Å². The topological polar surface area (TPSA) is 34.0 Å². The van der Waals surface area contributed by atoms with Gasteiger partial charge in [0.2, 0.25) is 0 Å². The third kappa shape index (κ3) is 3.40. The van der Waals surface area contributed by atoms with Crippen LogP contribution in [0.15, 0.2) is 43.1 Å². The summed E-state index contributed by atoms with van der Waals surface area (Å²) in [5.74, 6) is 0. The van der Waals surface area contributed by atoms with Crippen molar-refractivity contribution in [2.24, 2.45) is 0 Å². The fourth-order valence-corrected chi connectivity index (χ4v) is 1.96. The fourth-order valence-electron chi connectivity index (χ4n) is 1.96. The largest absolute Gasteiger partial charge is 0.337 e. The summed E-state index contributed by atoms with van der Waals surface area (Å²) in [6.45, 7) is 4.26. The Bertz CT molecular complexity index is 438. The van der Waals surface area contributed by atoms with Crippen LogP contribution in [0.5, 0.6) is 0 Å². The molecule has 0 N–H and O–H groups in total. The van der Waals surface area contributed by atoms with Crippen LogP contribution in [0.4, 0.5) is 0 Å². The van der Waals surface area contributed by atoms with Crippen LogP contribution in [0.2, 0.25) is 0 Å². The molecule has 96 valence electrons. The maximum absolute atomic E-state index is 4.40. The Morgan fingerprint density at radius 3 is 2.89 bits per heavy atom. The van der Waals surface area contributed by atoms with E-state index in [9.17, 15) is 0 Å². The lowest BCUT2D eigenvalue weighted by molar-refractivity contribution is 0.249. The van der Waals surface area contributed by atoms with Crippen LogP contribution in [0.1, 0.15) is 25.1 Å². The molecule has 2 aromatic rings. The first-order valence-electron chi connectivity index (χ1n) is 6.34. The second kappa shape index (κ2) is 6.31. The van der Waals surface area contributed by atoms with Gasteiger partial charge in [0.05, 0.1) is 12.0 Å². The van der Waals surface area contributed by atoms with Crippen LogP contribution in [0, 0.1) is 0 Å². The number of pyridine rings is 1. The quantitative estimate of drug-likeness (QED) is 0.782. The van der Waals surface area contributed by atoms with Crippen molar-refractivity contribution in [3.05, 3.63) is 48.8 Å². The van der Waals surface area contributed by atoms with Crippen molar-refractivity contribution in [3.8, 4) is 0 Å². The van der Waals surface area contributed by atoms with E-state index in [2.05, 4.69) is 39.5 Å². The summed E-state index contributed by atoms with van der Waals surface area (Å²) in [7, 11) is 2.15. The Labute approximate surface area is 108 Å². The van der Waals surface area contributed by atoms with Crippen molar-refractivity contribution >= 4 is 0 Å². The number of aromatic nitrogens is 3. The summed E-state index contributed by atoms with van der Waals surface area (Å²) in [6.07, 6.45) is 8.65. The Kier molecular flexibility index (Phi) is 4.47. The maximum atomic E-state index is 4.40. The molecule has 0 aliphatic carbocycles. The zero-order valence-corrected chi connectivity index (χ0v) is 11.0. The van der Waals surface area contributed by atoms with E-state index in [1.807, 2.05) is 37.1 Å². The summed E-state index contributed by atoms with van der Waals surface area (Å²) in [5.41, 5.74) is 1.13. The van der Waals surface area contributed by atoms with Crippen LogP contribution in [0.3, 0.4) is 0 Å². The molecule has 4 heteroatoms. The van der Waals surface area contributed by atoms with E-state index in [-0.39, 0.29) is 0 Å². The lowest BCUT2D eigenvalue weighted by Crippen LogP contribution is -2.25. The Balaban J connectivity index is 1.79. The zero-order chi connectivity index (χ0) is 12.8. The van der Waals surface area contributed by atoms with Crippen molar-refractivity contribution in [2.75, 3.05) is 13.6 Å². The zero-order valence-electron chi connectivity index (χ0n) is 11.0. The average Bonchev–Trinajstić information content (AvgIpc) is 2.92. The van der Waals surface area contributed by atoms with Crippen molar-refractivity contribution in [1.29, 1.82) is 0 Å². The Hall–Kier alpha value is -1.68. The van der Waals surface area contributed by atoms with Gasteiger partial charge in [0.15, 0.2) is 0 Å². The van der Waals surface area contributed by atoms with Gasteiger partial charge in [-0.1, -0.05) is 6.07 Å². The molecule has 0 aromatic carbocycles. The van der Waals surface area contributed by atoms with Crippen LogP contribution in [0.25, 0.3) is 0 Å². The first-order valence-corrected chi connectivity index (χ1v) is 6.34. The first-order chi connectivity index (χ1) is 8.77. The Morgan fingerprint density at radius 2 is 2.22 bits per heavy atom. The molecule has 0 aliphatic heterocycles. The maximum Gasteiger partial charge on any atom is 0.0945 e. The molecule has 0 aliphatic rings. The molecule has 0 fully saturated rings. The van der Waals surface area contributed by atoms with E-state index >= 15 is 0 Å². The summed E-state index contributed by atoms with van der Waals surface area (Å²) in [6, 6.07) is 6.43. The van der Waals surface area contributed by atoms with E-state index < -0.39 is 0 Å². The molecule has 0 amide bonds. The van der Waals surface area contributed by atoms with Gasteiger partial charge in [-0.15, -0.1) is 0 Å². The van der Waals surface area contributed by atoms with E-state index in [0.717, 1.165) is 25.2 Å². The SMILES string of the molecule is C[C@H](c1ccccn1)N(C)CCCn1ccnc1. The fraction of sp³-hybridized carbons (Fsp3) is 0.429. The average molecular weight is 244 g/mol. The summed E-state index contributed by atoms with van der Waals surface area (Å²) >= 11 is 0. The van der Waals surface area contributed by atoms with Crippen LogP contribution in [-0.4, -0.2) is 33.0 Å². The lowest BCUT2D eigenvalue weighted by atomic mass is 10.2. The minimum atomic E-state index is 0.356. The molecule has 1 atom stereocenters. The van der Waals surface area contributed by atoms with Gasteiger partial charge in [-0.2, -0.15) is 0 Å². The van der Waals surface area contributed by atoms with Gasteiger partial charge >= 0.3 is 0 Å². The van der Waals surface area contributed by atoms with Crippen LogP contribution >= 0.6 is 0 Å². The molecular formula is C14H20N4. The summed E-state index contributed by atoms with van der Waals surface area (Å²) in [5, 5.41) is 0. The van der Waals surface area contributed by atoms with Crippen LogP contribution in [-0.2, 0) is 6.54 Å². The molecule has 0 unspecified atom stereocenters.